The molecule has 1 aromatic heterocycles. The maximum absolute atomic E-state index is 12.9. The first-order valence-electron chi connectivity index (χ1n) is 7.53. The molecule has 1 N–H and O–H groups in total. The highest BCUT2D eigenvalue weighted by Gasteiger charge is 2.46. The zero-order chi connectivity index (χ0) is 16.9. The Hall–Kier alpha value is -1.95. The molecule has 1 aromatic carbocycles. The molecule has 1 atom stereocenters. The monoisotopic (exact) mass is 323 g/mol. The van der Waals surface area contributed by atoms with Gasteiger partial charge in [0.2, 0.25) is 0 Å². The van der Waals surface area contributed by atoms with Crippen LogP contribution in [-0.4, -0.2) is 41.0 Å². The summed E-state index contributed by atoms with van der Waals surface area (Å²) in [5.41, 5.74) is 1.14. The lowest BCUT2D eigenvalue weighted by atomic mass is 10.0. The number of benzene rings is 1. The third kappa shape index (κ3) is 2.41. The molecule has 0 saturated carbocycles. The Kier molecular flexibility index (Phi) is 3.67. The Labute approximate surface area is 132 Å². The summed E-state index contributed by atoms with van der Waals surface area (Å²) < 4.78 is 31.6. The number of halogens is 2. The Balaban J connectivity index is 1.98. The Morgan fingerprint density at radius 1 is 1.30 bits per heavy atom. The smallest absolute Gasteiger partial charge is 0.289 e. The third-order valence-corrected chi connectivity index (χ3v) is 4.65. The molecule has 124 valence electrons. The number of hydrogen-bond acceptors (Lipinski definition) is 3. The van der Waals surface area contributed by atoms with Gasteiger partial charge in [0.15, 0.2) is 5.76 Å². The van der Waals surface area contributed by atoms with E-state index in [2.05, 4.69) is 0 Å². The second-order valence-electron chi connectivity index (χ2n) is 6.34. The SMILES string of the molecule is Cc1ccc(C)c2c(C)c(C(=O)N3CCC(O)(C(F)F)C3)oc12. The molecular formula is C17H19F2NO3. The van der Waals surface area contributed by atoms with E-state index in [0.29, 0.717) is 11.1 Å². The summed E-state index contributed by atoms with van der Waals surface area (Å²) >= 11 is 0. The lowest BCUT2D eigenvalue weighted by Gasteiger charge is -2.21. The van der Waals surface area contributed by atoms with Crippen LogP contribution in [0, 0.1) is 20.8 Å². The van der Waals surface area contributed by atoms with E-state index in [-0.39, 0.29) is 25.3 Å². The number of aryl methyl sites for hydroxylation is 3. The van der Waals surface area contributed by atoms with Crippen LogP contribution in [-0.2, 0) is 0 Å². The van der Waals surface area contributed by atoms with E-state index in [9.17, 15) is 18.7 Å². The average molecular weight is 323 g/mol. The number of carbonyl (C=O) groups excluding carboxylic acids is 1. The van der Waals surface area contributed by atoms with E-state index in [1.54, 1.807) is 6.92 Å². The number of β-amino-alcohol motifs (C(OH)–C–C–N with tert-alkyl or cyclic N) is 1. The summed E-state index contributed by atoms with van der Waals surface area (Å²) in [6.45, 7) is 5.33. The topological polar surface area (TPSA) is 53.7 Å². The number of fused-ring (bicyclic) bond motifs is 1. The van der Waals surface area contributed by atoms with Crippen molar-refractivity contribution in [3.8, 4) is 0 Å². The second-order valence-corrected chi connectivity index (χ2v) is 6.34. The number of furan rings is 1. The fourth-order valence-electron chi connectivity index (χ4n) is 3.19. The van der Waals surface area contributed by atoms with Crippen LogP contribution in [0.5, 0.6) is 0 Å². The first-order valence-corrected chi connectivity index (χ1v) is 7.53. The first kappa shape index (κ1) is 15.9. The largest absolute Gasteiger partial charge is 0.450 e. The molecule has 2 aromatic rings. The summed E-state index contributed by atoms with van der Waals surface area (Å²) in [6.07, 6.45) is -3.00. The van der Waals surface area contributed by atoms with Crippen molar-refractivity contribution >= 4 is 16.9 Å². The van der Waals surface area contributed by atoms with Crippen molar-refractivity contribution in [3.05, 3.63) is 34.6 Å². The number of alkyl halides is 2. The van der Waals surface area contributed by atoms with Crippen LogP contribution in [0.3, 0.4) is 0 Å². The minimum atomic E-state index is -2.87. The standard InChI is InChI=1S/C17H19F2NO3/c1-9-4-5-10(2)13-12(9)11(3)14(23-13)15(21)20-7-6-17(22,8-20)16(18)19/h4-5,16,22H,6-8H2,1-3H3. The number of aliphatic hydroxyl groups is 1. The van der Waals surface area contributed by atoms with E-state index in [1.165, 1.54) is 4.90 Å². The summed E-state index contributed by atoms with van der Waals surface area (Å²) in [5, 5.41) is 10.7. The maximum Gasteiger partial charge on any atom is 0.289 e. The van der Waals surface area contributed by atoms with Crippen LogP contribution in [0.2, 0.25) is 0 Å². The van der Waals surface area contributed by atoms with Crippen molar-refractivity contribution in [2.24, 2.45) is 0 Å². The molecule has 1 aliphatic heterocycles. The molecule has 1 fully saturated rings. The molecule has 0 aliphatic carbocycles. The second kappa shape index (κ2) is 5.30. The van der Waals surface area contributed by atoms with Gasteiger partial charge in [-0.3, -0.25) is 4.79 Å². The highest BCUT2D eigenvalue weighted by atomic mass is 19.3. The molecule has 0 radical (unpaired) electrons. The number of likely N-dealkylation sites (tertiary alicyclic amines) is 1. The van der Waals surface area contributed by atoms with Crippen LogP contribution in [0.1, 0.15) is 33.7 Å². The molecule has 23 heavy (non-hydrogen) atoms. The van der Waals surface area contributed by atoms with Crippen LogP contribution in [0.15, 0.2) is 16.5 Å². The molecular weight excluding hydrogens is 304 g/mol. The predicted molar refractivity (Wildman–Crippen MR) is 81.9 cm³/mol. The summed E-state index contributed by atoms with van der Waals surface area (Å²) in [7, 11) is 0. The fourth-order valence-corrected chi connectivity index (χ4v) is 3.19. The zero-order valence-corrected chi connectivity index (χ0v) is 13.3. The molecule has 6 heteroatoms. The van der Waals surface area contributed by atoms with Crippen LogP contribution in [0.25, 0.3) is 11.0 Å². The van der Waals surface area contributed by atoms with Gasteiger partial charge in [0.1, 0.15) is 11.2 Å². The van der Waals surface area contributed by atoms with Crippen molar-refractivity contribution in [3.63, 3.8) is 0 Å². The number of amides is 1. The average Bonchev–Trinajstić information content (AvgIpc) is 3.06. The summed E-state index contributed by atoms with van der Waals surface area (Å²) in [4.78, 5) is 13.9. The molecule has 1 saturated heterocycles. The van der Waals surface area contributed by atoms with Crippen molar-refractivity contribution in [1.82, 2.24) is 4.90 Å². The summed E-state index contributed by atoms with van der Waals surface area (Å²) in [5.74, 6) is -0.287. The lowest BCUT2D eigenvalue weighted by Crippen LogP contribution is -2.41. The van der Waals surface area contributed by atoms with Crippen molar-refractivity contribution in [2.45, 2.75) is 39.2 Å². The van der Waals surface area contributed by atoms with Crippen LogP contribution >= 0.6 is 0 Å². The van der Waals surface area contributed by atoms with E-state index >= 15 is 0 Å². The zero-order valence-electron chi connectivity index (χ0n) is 13.3. The van der Waals surface area contributed by atoms with E-state index in [0.717, 1.165) is 16.5 Å². The van der Waals surface area contributed by atoms with Gasteiger partial charge < -0.3 is 14.4 Å². The third-order valence-electron chi connectivity index (χ3n) is 4.65. The minimum Gasteiger partial charge on any atom is -0.450 e. The number of rotatable bonds is 2. The number of carbonyl (C=O) groups is 1. The molecule has 0 bridgehead atoms. The van der Waals surface area contributed by atoms with Gasteiger partial charge in [0.05, 0.1) is 6.54 Å². The molecule has 2 heterocycles. The minimum absolute atomic E-state index is 0.0914. The fraction of sp³-hybridized carbons (Fsp3) is 0.471. The number of nitrogens with zero attached hydrogens (tertiary/aromatic N) is 1. The maximum atomic E-state index is 12.9. The van der Waals surface area contributed by atoms with E-state index in [4.69, 9.17) is 4.42 Å². The van der Waals surface area contributed by atoms with Gasteiger partial charge in [-0.25, -0.2) is 8.78 Å². The van der Waals surface area contributed by atoms with Gasteiger partial charge in [0, 0.05) is 23.9 Å². The van der Waals surface area contributed by atoms with Crippen LogP contribution < -0.4 is 0 Å². The Bertz CT molecular complexity index is 784. The Morgan fingerprint density at radius 3 is 2.52 bits per heavy atom. The van der Waals surface area contributed by atoms with Gasteiger partial charge in [-0.2, -0.15) is 0 Å². The van der Waals surface area contributed by atoms with Gasteiger partial charge in [-0.1, -0.05) is 12.1 Å². The molecule has 1 aliphatic rings. The molecule has 1 amide bonds. The van der Waals surface area contributed by atoms with Gasteiger partial charge in [-0.15, -0.1) is 0 Å². The molecule has 3 rings (SSSR count). The van der Waals surface area contributed by atoms with Crippen molar-refractivity contribution in [1.29, 1.82) is 0 Å². The van der Waals surface area contributed by atoms with E-state index in [1.807, 2.05) is 26.0 Å². The van der Waals surface area contributed by atoms with E-state index < -0.39 is 17.9 Å². The highest BCUT2D eigenvalue weighted by molar-refractivity contribution is 6.00. The van der Waals surface area contributed by atoms with Gasteiger partial charge in [0.25, 0.3) is 12.3 Å². The van der Waals surface area contributed by atoms with Gasteiger partial charge in [-0.05, 0) is 31.9 Å². The Morgan fingerprint density at radius 2 is 1.96 bits per heavy atom. The van der Waals surface area contributed by atoms with Gasteiger partial charge >= 0.3 is 0 Å². The van der Waals surface area contributed by atoms with Crippen LogP contribution in [0.4, 0.5) is 8.78 Å². The normalized spacial score (nSPS) is 21.6. The molecule has 1 unspecified atom stereocenters. The first-order chi connectivity index (χ1) is 10.7. The quantitative estimate of drug-likeness (QED) is 0.923. The molecule has 4 nitrogen and oxygen atoms in total. The van der Waals surface area contributed by atoms with Crippen molar-refractivity contribution < 1.29 is 23.1 Å². The number of hydrogen-bond donors (Lipinski definition) is 1. The van der Waals surface area contributed by atoms with Crippen molar-refractivity contribution in [2.75, 3.05) is 13.1 Å². The molecule has 0 spiro atoms. The highest BCUT2D eigenvalue weighted by Crippen LogP contribution is 2.33. The predicted octanol–water partition coefficient (Wildman–Crippen LogP) is 3.20. The summed E-state index contributed by atoms with van der Waals surface area (Å²) in [6, 6.07) is 3.88. The lowest BCUT2D eigenvalue weighted by molar-refractivity contribution is -0.0856.